The van der Waals surface area contributed by atoms with Crippen LogP contribution in [-0.4, -0.2) is 35.6 Å². The highest BCUT2D eigenvalue weighted by molar-refractivity contribution is 7.89. The molecule has 1 aromatic heterocycles. The molecule has 0 bridgehead atoms. The van der Waals surface area contributed by atoms with E-state index in [1.165, 1.54) is 0 Å². The van der Waals surface area contributed by atoms with Crippen molar-refractivity contribution in [1.29, 1.82) is 0 Å². The topological polar surface area (TPSA) is 106 Å². The van der Waals surface area contributed by atoms with E-state index < -0.39 is 32.5 Å². The minimum atomic E-state index is -4.06. The van der Waals surface area contributed by atoms with Gasteiger partial charge in [0.2, 0.25) is 15.9 Å². The van der Waals surface area contributed by atoms with Crippen LogP contribution in [0.5, 0.6) is 0 Å². The van der Waals surface area contributed by atoms with Crippen LogP contribution in [0.15, 0.2) is 53.7 Å². The molecular formula is C18H17F2N5O3S. The van der Waals surface area contributed by atoms with Gasteiger partial charge in [-0.25, -0.2) is 21.9 Å². The van der Waals surface area contributed by atoms with E-state index >= 15 is 0 Å². The maximum atomic E-state index is 13.2. The Morgan fingerprint density at radius 2 is 1.93 bits per heavy atom. The highest BCUT2D eigenvalue weighted by atomic mass is 32.2. The summed E-state index contributed by atoms with van der Waals surface area (Å²) < 4.78 is 54.3. The van der Waals surface area contributed by atoms with Crippen molar-refractivity contribution in [2.75, 3.05) is 11.9 Å². The number of hydrogen-bond acceptors (Lipinski definition) is 5. The molecule has 3 rings (SSSR count). The Kier molecular flexibility index (Phi) is 5.99. The van der Waals surface area contributed by atoms with Crippen LogP contribution in [0.25, 0.3) is 11.4 Å². The second-order valence-corrected chi connectivity index (χ2v) is 7.89. The lowest BCUT2D eigenvalue weighted by Gasteiger charge is -2.09. The molecule has 8 nitrogen and oxygen atoms in total. The van der Waals surface area contributed by atoms with E-state index in [0.29, 0.717) is 17.6 Å². The van der Waals surface area contributed by atoms with Crippen LogP contribution in [0.1, 0.15) is 6.42 Å². The predicted molar refractivity (Wildman–Crippen MR) is 101 cm³/mol. The first-order chi connectivity index (χ1) is 13.8. The summed E-state index contributed by atoms with van der Waals surface area (Å²) in [4.78, 5) is 11.7. The van der Waals surface area contributed by atoms with Crippen LogP contribution in [0.3, 0.4) is 0 Å². The van der Waals surface area contributed by atoms with E-state index in [2.05, 4.69) is 20.2 Å². The molecule has 11 heteroatoms. The Labute approximate surface area is 165 Å². The van der Waals surface area contributed by atoms with Crippen molar-refractivity contribution in [3.8, 4) is 11.4 Å². The summed E-state index contributed by atoms with van der Waals surface area (Å²) in [6.45, 7) is -0.212. The van der Waals surface area contributed by atoms with Gasteiger partial charge in [0.05, 0.1) is 4.90 Å². The number of sulfonamides is 1. The number of benzene rings is 2. The van der Waals surface area contributed by atoms with E-state index in [1.54, 1.807) is 36.1 Å². The molecule has 0 atom stereocenters. The van der Waals surface area contributed by atoms with Gasteiger partial charge in [-0.15, -0.1) is 10.2 Å². The van der Waals surface area contributed by atoms with Crippen molar-refractivity contribution < 1.29 is 22.0 Å². The average molecular weight is 421 g/mol. The number of halogens is 2. The minimum absolute atomic E-state index is 0.156. The standard InChI is InChI=1S/C18H17F2N5O3S/c1-25-11-21-24-18(25)12-3-2-4-13(9-12)23-17(26)7-8-22-29(27,28)14-5-6-15(19)16(20)10-14/h2-6,9-11,22H,7-8H2,1H3,(H,23,26). The van der Waals surface area contributed by atoms with E-state index in [-0.39, 0.29) is 13.0 Å². The second kappa shape index (κ2) is 8.45. The van der Waals surface area contributed by atoms with Crippen molar-refractivity contribution in [2.45, 2.75) is 11.3 Å². The quantitative estimate of drug-likeness (QED) is 0.608. The maximum absolute atomic E-state index is 13.2. The number of nitrogens with zero attached hydrogens (tertiary/aromatic N) is 3. The molecule has 0 fully saturated rings. The largest absolute Gasteiger partial charge is 0.326 e. The molecule has 0 spiro atoms. The van der Waals surface area contributed by atoms with Gasteiger partial charge in [0.15, 0.2) is 17.5 Å². The SMILES string of the molecule is Cn1cnnc1-c1cccc(NC(=O)CCNS(=O)(=O)c2ccc(F)c(F)c2)c1. The van der Waals surface area contributed by atoms with E-state index in [1.807, 2.05) is 6.07 Å². The van der Waals surface area contributed by atoms with Crippen molar-refractivity contribution in [1.82, 2.24) is 19.5 Å². The normalized spacial score (nSPS) is 11.4. The predicted octanol–water partition coefficient (Wildman–Crippen LogP) is 2.07. The third kappa shape index (κ3) is 5.00. The second-order valence-electron chi connectivity index (χ2n) is 6.12. The zero-order valence-corrected chi connectivity index (χ0v) is 16.1. The molecule has 0 saturated heterocycles. The average Bonchev–Trinajstić information content (AvgIpc) is 3.10. The molecule has 1 heterocycles. The molecule has 2 aromatic carbocycles. The number of nitrogens with one attached hydrogen (secondary N) is 2. The summed E-state index contributed by atoms with van der Waals surface area (Å²) in [5, 5.41) is 10.5. The molecule has 0 unspecified atom stereocenters. The fourth-order valence-corrected chi connectivity index (χ4v) is 3.57. The summed E-state index contributed by atoms with van der Waals surface area (Å²) in [5.41, 5.74) is 1.26. The van der Waals surface area contributed by atoms with Crippen molar-refractivity contribution in [2.24, 2.45) is 7.05 Å². The molecule has 152 valence electrons. The van der Waals surface area contributed by atoms with Gasteiger partial charge in [0.25, 0.3) is 0 Å². The molecule has 0 aliphatic heterocycles. The number of anilines is 1. The Balaban J connectivity index is 1.58. The maximum Gasteiger partial charge on any atom is 0.240 e. The number of carbonyl (C=O) groups excluding carboxylic acids is 1. The lowest BCUT2D eigenvalue weighted by Crippen LogP contribution is -2.28. The van der Waals surface area contributed by atoms with Crippen molar-refractivity contribution in [3.63, 3.8) is 0 Å². The molecule has 0 radical (unpaired) electrons. The lowest BCUT2D eigenvalue weighted by atomic mass is 10.2. The molecule has 1 amide bonds. The summed E-state index contributed by atoms with van der Waals surface area (Å²) >= 11 is 0. The van der Waals surface area contributed by atoms with Gasteiger partial charge in [-0.1, -0.05) is 12.1 Å². The first kappa shape index (κ1) is 20.6. The molecule has 0 aliphatic rings. The Morgan fingerprint density at radius 1 is 1.14 bits per heavy atom. The van der Waals surface area contributed by atoms with E-state index in [9.17, 15) is 22.0 Å². The van der Waals surface area contributed by atoms with Gasteiger partial charge in [0, 0.05) is 31.3 Å². The van der Waals surface area contributed by atoms with Gasteiger partial charge >= 0.3 is 0 Å². The van der Waals surface area contributed by atoms with E-state index in [4.69, 9.17) is 0 Å². The van der Waals surface area contributed by atoms with Crippen LogP contribution in [0.4, 0.5) is 14.5 Å². The fourth-order valence-electron chi connectivity index (χ4n) is 2.53. The number of amides is 1. The first-order valence-electron chi connectivity index (χ1n) is 8.45. The lowest BCUT2D eigenvalue weighted by molar-refractivity contribution is -0.116. The zero-order valence-electron chi connectivity index (χ0n) is 15.3. The van der Waals surface area contributed by atoms with Crippen LogP contribution in [-0.2, 0) is 21.9 Å². The van der Waals surface area contributed by atoms with Crippen LogP contribution in [0.2, 0.25) is 0 Å². The first-order valence-corrected chi connectivity index (χ1v) is 9.93. The number of carbonyl (C=O) groups is 1. The minimum Gasteiger partial charge on any atom is -0.326 e. The smallest absolute Gasteiger partial charge is 0.240 e. The summed E-state index contributed by atoms with van der Waals surface area (Å²) in [7, 11) is -2.27. The third-order valence-electron chi connectivity index (χ3n) is 3.96. The molecule has 3 aromatic rings. The summed E-state index contributed by atoms with van der Waals surface area (Å²) in [6.07, 6.45) is 1.40. The van der Waals surface area contributed by atoms with Gasteiger partial charge < -0.3 is 9.88 Å². The molecule has 29 heavy (non-hydrogen) atoms. The Morgan fingerprint density at radius 3 is 2.62 bits per heavy atom. The van der Waals surface area contributed by atoms with Gasteiger partial charge in [0.1, 0.15) is 6.33 Å². The van der Waals surface area contributed by atoms with Crippen LogP contribution in [0, 0.1) is 11.6 Å². The Bertz CT molecular complexity index is 1150. The number of hydrogen-bond donors (Lipinski definition) is 2. The van der Waals surface area contributed by atoms with Gasteiger partial charge in [-0.2, -0.15) is 0 Å². The number of aromatic nitrogens is 3. The van der Waals surface area contributed by atoms with Crippen molar-refractivity contribution in [3.05, 3.63) is 60.4 Å². The summed E-state index contributed by atoms with van der Waals surface area (Å²) in [5.74, 6) is -2.21. The summed E-state index contributed by atoms with van der Waals surface area (Å²) in [6, 6.07) is 9.20. The molecule has 0 saturated carbocycles. The number of aryl methyl sites for hydroxylation is 1. The highest BCUT2D eigenvalue weighted by Crippen LogP contribution is 2.20. The van der Waals surface area contributed by atoms with Gasteiger partial charge in [-0.3, -0.25) is 4.79 Å². The zero-order chi connectivity index (χ0) is 21.0. The molecule has 2 N–H and O–H groups in total. The Hall–Kier alpha value is -3.18. The molecular weight excluding hydrogens is 404 g/mol. The van der Waals surface area contributed by atoms with Crippen molar-refractivity contribution >= 4 is 21.6 Å². The third-order valence-corrected chi connectivity index (χ3v) is 5.42. The van der Waals surface area contributed by atoms with Gasteiger partial charge in [-0.05, 0) is 30.3 Å². The fraction of sp³-hybridized carbons (Fsp3) is 0.167. The van der Waals surface area contributed by atoms with E-state index in [0.717, 1.165) is 17.7 Å². The van der Waals surface area contributed by atoms with Crippen LogP contribution >= 0.6 is 0 Å². The highest BCUT2D eigenvalue weighted by Gasteiger charge is 2.16. The van der Waals surface area contributed by atoms with Crippen LogP contribution < -0.4 is 10.0 Å². The monoisotopic (exact) mass is 421 g/mol. The molecule has 0 aliphatic carbocycles. The number of rotatable bonds is 7.